The largest absolute Gasteiger partial charge is 0.383 e. The highest BCUT2D eigenvalue weighted by atomic mass is 35.5. The lowest BCUT2D eigenvalue weighted by Gasteiger charge is -2.17. The molecule has 0 bridgehead atoms. The number of rotatable bonds is 4. The lowest BCUT2D eigenvalue weighted by atomic mass is 9.91. The normalized spacial score (nSPS) is 12.1. The molecule has 0 aliphatic carbocycles. The molecule has 1 aromatic carbocycles. The molecule has 0 saturated heterocycles. The Kier molecular flexibility index (Phi) is 4.53. The molecular formula is C12H12Cl2N6O2. The molecule has 6 N–H and O–H groups in total. The Morgan fingerprint density at radius 2 is 1.73 bits per heavy atom. The second-order valence-corrected chi connectivity index (χ2v) is 5.32. The van der Waals surface area contributed by atoms with Crippen LogP contribution < -0.4 is 17.2 Å². The van der Waals surface area contributed by atoms with Gasteiger partial charge in [-0.25, -0.2) is 0 Å². The first-order valence-corrected chi connectivity index (χ1v) is 6.80. The molecule has 0 amide bonds. The SMILES string of the molecule is Nc1nc(N)c(C(C[N+](=O)[O-])c2ccc(Cl)c(Cl)c2)c(N)n1. The number of hydrogen-bond donors (Lipinski definition) is 3. The van der Waals surface area contributed by atoms with E-state index in [-0.39, 0.29) is 28.2 Å². The van der Waals surface area contributed by atoms with Gasteiger partial charge in [0.05, 0.1) is 21.5 Å². The highest BCUT2D eigenvalue weighted by Gasteiger charge is 2.27. The predicted molar refractivity (Wildman–Crippen MR) is 85.4 cm³/mol. The Bertz CT molecular complexity index is 717. The van der Waals surface area contributed by atoms with Gasteiger partial charge in [-0.15, -0.1) is 0 Å². The van der Waals surface area contributed by atoms with Crippen molar-refractivity contribution in [1.82, 2.24) is 9.97 Å². The van der Waals surface area contributed by atoms with Crippen molar-refractivity contribution in [3.8, 4) is 0 Å². The Morgan fingerprint density at radius 3 is 2.23 bits per heavy atom. The number of nitrogens with zero attached hydrogens (tertiary/aromatic N) is 3. The lowest BCUT2D eigenvalue weighted by molar-refractivity contribution is -0.481. The average molecular weight is 343 g/mol. The molecular weight excluding hydrogens is 331 g/mol. The summed E-state index contributed by atoms with van der Waals surface area (Å²) in [6.45, 7) is -0.459. The molecule has 0 fully saturated rings. The number of hydrogen-bond acceptors (Lipinski definition) is 7. The molecule has 22 heavy (non-hydrogen) atoms. The molecule has 1 aromatic heterocycles. The standard InChI is InChI=1S/C12H12Cl2N6O2/c13-7-2-1-5(3-8(7)14)6(4-20(21)22)9-10(15)18-12(17)19-11(9)16/h1-3,6H,4H2,(H6,15,16,17,18,19). The van der Waals surface area contributed by atoms with Crippen LogP contribution in [0.4, 0.5) is 17.6 Å². The van der Waals surface area contributed by atoms with E-state index in [4.69, 9.17) is 40.4 Å². The van der Waals surface area contributed by atoms with Crippen LogP contribution in [0, 0.1) is 10.1 Å². The maximum Gasteiger partial charge on any atom is 0.223 e. The second-order valence-electron chi connectivity index (χ2n) is 4.51. The Balaban J connectivity index is 2.60. The summed E-state index contributed by atoms with van der Waals surface area (Å²) in [6.07, 6.45) is 0. The van der Waals surface area contributed by atoms with E-state index in [1.54, 1.807) is 6.07 Å². The zero-order valence-electron chi connectivity index (χ0n) is 11.2. The predicted octanol–water partition coefficient (Wildman–Crippen LogP) is 1.94. The summed E-state index contributed by atoms with van der Waals surface area (Å²) in [4.78, 5) is 18.1. The molecule has 1 unspecified atom stereocenters. The molecule has 0 radical (unpaired) electrons. The van der Waals surface area contributed by atoms with Gasteiger partial charge < -0.3 is 17.2 Å². The fourth-order valence-corrected chi connectivity index (χ4v) is 2.43. The number of benzene rings is 1. The van der Waals surface area contributed by atoms with Gasteiger partial charge in [0, 0.05) is 4.92 Å². The number of nitro groups is 1. The van der Waals surface area contributed by atoms with E-state index in [9.17, 15) is 10.1 Å². The van der Waals surface area contributed by atoms with Crippen LogP contribution in [-0.4, -0.2) is 21.4 Å². The molecule has 1 atom stereocenters. The Labute approximate surface area is 135 Å². The highest BCUT2D eigenvalue weighted by molar-refractivity contribution is 6.42. The summed E-state index contributed by atoms with van der Waals surface area (Å²) in [6, 6.07) is 4.67. The van der Waals surface area contributed by atoms with Crippen molar-refractivity contribution in [3.05, 3.63) is 49.5 Å². The molecule has 10 heteroatoms. The summed E-state index contributed by atoms with van der Waals surface area (Å²) in [5.41, 5.74) is 17.8. The molecule has 116 valence electrons. The van der Waals surface area contributed by atoms with E-state index in [1.165, 1.54) is 12.1 Å². The minimum atomic E-state index is -0.773. The number of halogens is 2. The van der Waals surface area contributed by atoms with Gasteiger partial charge in [0.25, 0.3) is 0 Å². The van der Waals surface area contributed by atoms with Crippen molar-refractivity contribution in [2.45, 2.75) is 5.92 Å². The van der Waals surface area contributed by atoms with E-state index in [0.29, 0.717) is 10.6 Å². The molecule has 2 aromatic rings. The first-order valence-electron chi connectivity index (χ1n) is 6.04. The first-order chi connectivity index (χ1) is 10.3. The minimum Gasteiger partial charge on any atom is -0.383 e. The van der Waals surface area contributed by atoms with Gasteiger partial charge in [0.1, 0.15) is 11.6 Å². The van der Waals surface area contributed by atoms with Crippen LogP contribution in [0.5, 0.6) is 0 Å². The average Bonchev–Trinajstić information content (AvgIpc) is 2.39. The molecule has 0 saturated carbocycles. The summed E-state index contributed by atoms with van der Waals surface area (Å²) in [7, 11) is 0. The van der Waals surface area contributed by atoms with Crippen molar-refractivity contribution < 1.29 is 4.92 Å². The van der Waals surface area contributed by atoms with Crippen LogP contribution in [0.2, 0.25) is 10.0 Å². The van der Waals surface area contributed by atoms with Crippen molar-refractivity contribution in [2.75, 3.05) is 23.7 Å². The van der Waals surface area contributed by atoms with Gasteiger partial charge in [0.15, 0.2) is 0 Å². The van der Waals surface area contributed by atoms with Gasteiger partial charge in [-0.2, -0.15) is 9.97 Å². The van der Waals surface area contributed by atoms with Crippen molar-refractivity contribution in [2.24, 2.45) is 0 Å². The molecule has 0 spiro atoms. The summed E-state index contributed by atoms with van der Waals surface area (Å²) in [5.74, 6) is -0.899. The Morgan fingerprint density at radius 1 is 1.14 bits per heavy atom. The van der Waals surface area contributed by atoms with E-state index in [0.717, 1.165) is 0 Å². The third kappa shape index (κ3) is 3.29. The zero-order valence-corrected chi connectivity index (χ0v) is 12.7. The first kappa shape index (κ1) is 16.1. The molecule has 0 aliphatic rings. The number of nitrogens with two attached hydrogens (primary N) is 3. The van der Waals surface area contributed by atoms with Gasteiger partial charge in [-0.1, -0.05) is 29.3 Å². The molecule has 0 aliphatic heterocycles. The number of aromatic nitrogens is 2. The quantitative estimate of drug-likeness (QED) is 0.567. The van der Waals surface area contributed by atoms with Gasteiger partial charge in [-0.3, -0.25) is 10.1 Å². The van der Waals surface area contributed by atoms with Gasteiger partial charge in [0.2, 0.25) is 12.5 Å². The van der Waals surface area contributed by atoms with Gasteiger partial charge in [-0.05, 0) is 17.7 Å². The smallest absolute Gasteiger partial charge is 0.223 e. The van der Waals surface area contributed by atoms with E-state index in [1.807, 2.05) is 0 Å². The monoisotopic (exact) mass is 342 g/mol. The fraction of sp³-hybridized carbons (Fsp3) is 0.167. The molecule has 2 rings (SSSR count). The topological polar surface area (TPSA) is 147 Å². The third-order valence-electron chi connectivity index (χ3n) is 3.05. The summed E-state index contributed by atoms with van der Waals surface area (Å²) in [5, 5.41) is 11.6. The van der Waals surface area contributed by atoms with E-state index in [2.05, 4.69) is 9.97 Å². The van der Waals surface area contributed by atoms with Gasteiger partial charge >= 0.3 is 0 Å². The third-order valence-corrected chi connectivity index (χ3v) is 3.79. The number of anilines is 3. The maximum atomic E-state index is 11.0. The highest BCUT2D eigenvalue weighted by Crippen LogP contribution is 2.35. The van der Waals surface area contributed by atoms with Crippen molar-refractivity contribution in [1.29, 1.82) is 0 Å². The van der Waals surface area contributed by atoms with Crippen LogP contribution in [0.25, 0.3) is 0 Å². The van der Waals surface area contributed by atoms with Crippen LogP contribution in [0.3, 0.4) is 0 Å². The summed E-state index contributed by atoms with van der Waals surface area (Å²) >= 11 is 11.8. The second kappa shape index (κ2) is 6.20. The van der Waals surface area contributed by atoms with Crippen LogP contribution in [0.15, 0.2) is 18.2 Å². The lowest BCUT2D eigenvalue weighted by Crippen LogP contribution is -2.19. The zero-order chi connectivity index (χ0) is 16.4. The molecule has 1 heterocycles. The van der Waals surface area contributed by atoms with E-state index >= 15 is 0 Å². The minimum absolute atomic E-state index is 0.0112. The molecule has 8 nitrogen and oxygen atoms in total. The fourth-order valence-electron chi connectivity index (χ4n) is 2.12. The number of nitrogen functional groups attached to an aromatic ring is 3. The van der Waals surface area contributed by atoms with Crippen molar-refractivity contribution >= 4 is 40.8 Å². The Hall–Kier alpha value is -2.32. The van der Waals surface area contributed by atoms with Crippen LogP contribution in [-0.2, 0) is 0 Å². The van der Waals surface area contributed by atoms with Crippen LogP contribution in [0.1, 0.15) is 17.0 Å². The van der Waals surface area contributed by atoms with Crippen LogP contribution >= 0.6 is 23.2 Å². The van der Waals surface area contributed by atoms with E-state index < -0.39 is 17.4 Å². The summed E-state index contributed by atoms with van der Waals surface area (Å²) < 4.78 is 0. The maximum absolute atomic E-state index is 11.0. The van der Waals surface area contributed by atoms with Crippen molar-refractivity contribution in [3.63, 3.8) is 0 Å².